The number of halogens is 3. The van der Waals surface area contributed by atoms with E-state index in [1.165, 1.54) is 25.7 Å². The lowest BCUT2D eigenvalue weighted by molar-refractivity contribution is -0.176. The lowest BCUT2D eigenvalue weighted by Crippen LogP contribution is -2.61. The van der Waals surface area contributed by atoms with Crippen LogP contribution in [-0.2, 0) is 24.0 Å². The summed E-state index contributed by atoms with van der Waals surface area (Å²) in [7, 11) is 0. The molecular formula is C23H34F3N5O5. The Balaban J connectivity index is 1.83. The molecule has 2 heterocycles. The van der Waals surface area contributed by atoms with Crippen molar-refractivity contribution in [1.82, 2.24) is 20.9 Å². The monoisotopic (exact) mass is 517 g/mol. The number of nitrogens with zero attached hydrogens (tertiary/aromatic N) is 1. The van der Waals surface area contributed by atoms with Gasteiger partial charge in [-0.25, -0.2) is 0 Å². The number of nitrogens with one attached hydrogen (secondary N) is 3. The number of carbonyl (C=O) groups excluding carboxylic acids is 5. The summed E-state index contributed by atoms with van der Waals surface area (Å²) in [4.78, 5) is 63.8. The van der Waals surface area contributed by atoms with Crippen LogP contribution >= 0.6 is 0 Å². The van der Waals surface area contributed by atoms with E-state index in [-0.39, 0.29) is 36.1 Å². The highest BCUT2D eigenvalue weighted by molar-refractivity contribution is 5.96. The maximum absolute atomic E-state index is 13.5. The molecule has 0 aromatic carbocycles. The highest BCUT2D eigenvalue weighted by Gasteiger charge is 2.70. The molecule has 3 rings (SSSR count). The van der Waals surface area contributed by atoms with Crippen LogP contribution in [0.15, 0.2) is 0 Å². The van der Waals surface area contributed by atoms with E-state index in [2.05, 4.69) is 10.6 Å². The third kappa shape index (κ3) is 5.29. The maximum Gasteiger partial charge on any atom is 0.471 e. The summed E-state index contributed by atoms with van der Waals surface area (Å²) >= 11 is 0. The van der Waals surface area contributed by atoms with Crippen LogP contribution in [0.3, 0.4) is 0 Å². The van der Waals surface area contributed by atoms with E-state index in [4.69, 9.17) is 5.73 Å². The van der Waals surface area contributed by atoms with Gasteiger partial charge in [0.2, 0.25) is 23.6 Å². The number of hydrogen-bond donors (Lipinski definition) is 4. The Morgan fingerprint density at radius 1 is 1.17 bits per heavy atom. The number of nitrogens with two attached hydrogens (primary N) is 1. The number of rotatable bonds is 7. The highest BCUT2D eigenvalue weighted by atomic mass is 19.4. The third-order valence-electron chi connectivity index (χ3n) is 7.75. The molecule has 0 aromatic heterocycles. The van der Waals surface area contributed by atoms with E-state index in [0.717, 1.165) is 0 Å². The van der Waals surface area contributed by atoms with Gasteiger partial charge >= 0.3 is 12.1 Å². The smallest absolute Gasteiger partial charge is 0.368 e. The van der Waals surface area contributed by atoms with Crippen LogP contribution in [0.2, 0.25) is 0 Å². The quantitative estimate of drug-likeness (QED) is 0.377. The lowest BCUT2D eigenvalue weighted by atomic mass is 9.85. The zero-order valence-corrected chi connectivity index (χ0v) is 21.0. The Morgan fingerprint density at radius 2 is 1.78 bits per heavy atom. The molecule has 6 atom stereocenters. The van der Waals surface area contributed by atoms with Crippen LogP contribution in [0.25, 0.3) is 0 Å². The molecule has 202 valence electrons. The van der Waals surface area contributed by atoms with Gasteiger partial charge in [0, 0.05) is 19.0 Å². The zero-order valence-electron chi connectivity index (χ0n) is 21.0. The summed E-state index contributed by atoms with van der Waals surface area (Å²) in [5.41, 5.74) is 4.08. The Kier molecular flexibility index (Phi) is 7.10. The van der Waals surface area contributed by atoms with Crippen molar-refractivity contribution >= 4 is 29.5 Å². The van der Waals surface area contributed by atoms with Crippen molar-refractivity contribution in [2.24, 2.45) is 34.3 Å². The maximum atomic E-state index is 13.5. The number of alkyl halides is 3. The second kappa shape index (κ2) is 9.22. The summed E-state index contributed by atoms with van der Waals surface area (Å²) in [5, 5.41) is 7.01. The molecule has 3 fully saturated rings. The fourth-order valence-corrected chi connectivity index (χ4v) is 5.50. The van der Waals surface area contributed by atoms with Crippen LogP contribution < -0.4 is 21.7 Å². The summed E-state index contributed by atoms with van der Waals surface area (Å²) in [6.07, 6.45) is -4.70. The second-order valence-corrected chi connectivity index (χ2v) is 11.6. The van der Waals surface area contributed by atoms with Crippen molar-refractivity contribution < 1.29 is 37.1 Å². The second-order valence-electron chi connectivity index (χ2n) is 11.6. The molecule has 0 aromatic rings. The van der Waals surface area contributed by atoms with Crippen molar-refractivity contribution in [3.63, 3.8) is 0 Å². The van der Waals surface area contributed by atoms with Gasteiger partial charge in [0.15, 0.2) is 0 Å². The first-order valence-corrected chi connectivity index (χ1v) is 11.9. The summed E-state index contributed by atoms with van der Waals surface area (Å²) in [5.74, 6) is -5.68. The predicted molar refractivity (Wildman–Crippen MR) is 121 cm³/mol. The van der Waals surface area contributed by atoms with Crippen molar-refractivity contribution in [3.05, 3.63) is 0 Å². The normalized spacial score (nSPS) is 28.6. The molecule has 1 saturated carbocycles. The van der Waals surface area contributed by atoms with Gasteiger partial charge in [-0.3, -0.25) is 24.0 Å². The molecule has 0 bridgehead atoms. The Morgan fingerprint density at radius 3 is 2.25 bits per heavy atom. The first kappa shape index (κ1) is 27.7. The van der Waals surface area contributed by atoms with E-state index in [0.29, 0.717) is 13.0 Å². The predicted octanol–water partition coefficient (Wildman–Crippen LogP) is 0.0589. The Labute approximate surface area is 207 Å². The van der Waals surface area contributed by atoms with Crippen LogP contribution in [0.5, 0.6) is 0 Å². The van der Waals surface area contributed by atoms with Crippen molar-refractivity contribution in [2.45, 2.75) is 71.8 Å². The Hall–Kier alpha value is -2.86. The molecule has 2 aliphatic heterocycles. The van der Waals surface area contributed by atoms with E-state index in [1.54, 1.807) is 5.32 Å². The molecule has 5 amide bonds. The van der Waals surface area contributed by atoms with E-state index >= 15 is 0 Å². The molecule has 3 aliphatic rings. The molecule has 36 heavy (non-hydrogen) atoms. The largest absolute Gasteiger partial charge is 0.471 e. The van der Waals surface area contributed by atoms with Gasteiger partial charge < -0.3 is 26.6 Å². The van der Waals surface area contributed by atoms with Gasteiger partial charge in [0.25, 0.3) is 0 Å². The number of primary amides is 1. The first-order valence-electron chi connectivity index (χ1n) is 11.9. The van der Waals surface area contributed by atoms with Crippen molar-refractivity contribution in [1.29, 1.82) is 0 Å². The molecule has 10 nitrogen and oxygen atoms in total. The number of amides is 5. The minimum atomic E-state index is -5.18. The number of hydrogen-bond acceptors (Lipinski definition) is 5. The topological polar surface area (TPSA) is 151 Å². The molecule has 5 N–H and O–H groups in total. The average Bonchev–Trinajstić information content (AvgIpc) is 3.09. The summed E-state index contributed by atoms with van der Waals surface area (Å²) in [6, 6.07) is -3.77. The minimum absolute atomic E-state index is 0.00266. The average molecular weight is 518 g/mol. The van der Waals surface area contributed by atoms with Crippen molar-refractivity contribution in [3.8, 4) is 0 Å². The molecule has 6 unspecified atom stereocenters. The van der Waals surface area contributed by atoms with Gasteiger partial charge in [-0.2, -0.15) is 13.2 Å². The molecule has 1 aliphatic carbocycles. The lowest BCUT2D eigenvalue weighted by Gasteiger charge is -2.38. The summed E-state index contributed by atoms with van der Waals surface area (Å²) < 4.78 is 38.9. The SMILES string of the molecule is CC(C)(C)C(NC(=O)C(F)(F)F)C(=O)N1CC2C(C1C(=O)NC(CC1CCNC1=O)C(N)=O)C2(C)C. The van der Waals surface area contributed by atoms with Gasteiger partial charge in [0.1, 0.15) is 18.1 Å². The number of fused-ring (bicyclic) bond motifs is 1. The molecule has 0 radical (unpaired) electrons. The van der Waals surface area contributed by atoms with E-state index in [9.17, 15) is 37.1 Å². The van der Waals surface area contributed by atoms with Gasteiger partial charge in [0.05, 0.1) is 0 Å². The summed E-state index contributed by atoms with van der Waals surface area (Å²) in [6.45, 7) is 8.95. The van der Waals surface area contributed by atoms with Crippen LogP contribution in [0.4, 0.5) is 13.2 Å². The standard InChI is InChI=1S/C23H34F3N5O5/c1-21(2,3)15(30-20(36)23(24,25)26)19(35)31-9-11-13(22(11,4)5)14(31)18(34)29-12(16(27)32)8-10-6-7-28-17(10)33/h10-15H,6-9H2,1-5H3,(H2,27,32)(H,28,33)(H,29,34)(H,30,36). The number of piperidine rings is 1. The van der Waals surface area contributed by atoms with E-state index < -0.39 is 59.3 Å². The number of likely N-dealkylation sites (tertiary alicyclic amines) is 1. The zero-order chi connectivity index (χ0) is 27.4. The van der Waals surface area contributed by atoms with Crippen molar-refractivity contribution in [2.75, 3.05) is 13.1 Å². The number of carbonyl (C=O) groups is 5. The first-order chi connectivity index (χ1) is 16.4. The molecule has 13 heteroatoms. The van der Waals surface area contributed by atoms with Gasteiger partial charge in [-0.05, 0) is 35.5 Å². The highest BCUT2D eigenvalue weighted by Crippen LogP contribution is 2.65. The van der Waals surface area contributed by atoms with Crippen LogP contribution in [-0.4, -0.2) is 71.8 Å². The molecule has 0 spiro atoms. The van der Waals surface area contributed by atoms with Gasteiger partial charge in [-0.15, -0.1) is 0 Å². The van der Waals surface area contributed by atoms with Gasteiger partial charge in [-0.1, -0.05) is 34.6 Å². The van der Waals surface area contributed by atoms with E-state index in [1.807, 2.05) is 13.8 Å². The molecular weight excluding hydrogens is 483 g/mol. The van der Waals surface area contributed by atoms with Crippen LogP contribution in [0, 0.1) is 28.6 Å². The third-order valence-corrected chi connectivity index (χ3v) is 7.75. The fraction of sp³-hybridized carbons (Fsp3) is 0.783. The van der Waals surface area contributed by atoms with Crippen LogP contribution in [0.1, 0.15) is 47.5 Å². The minimum Gasteiger partial charge on any atom is -0.368 e. The fourth-order valence-electron chi connectivity index (χ4n) is 5.50. The Bertz CT molecular complexity index is 961. The molecule has 2 saturated heterocycles.